The van der Waals surface area contributed by atoms with Crippen molar-refractivity contribution < 1.29 is 53.1 Å². The van der Waals surface area contributed by atoms with Gasteiger partial charge in [0, 0.05) is 41.3 Å². The number of aliphatic hydroxyl groups is 3. The van der Waals surface area contributed by atoms with Crippen molar-refractivity contribution in [2.45, 2.75) is 178 Å². The van der Waals surface area contributed by atoms with Crippen LogP contribution in [0.2, 0.25) is 0 Å². The van der Waals surface area contributed by atoms with E-state index in [9.17, 15) is 20.1 Å². The van der Waals surface area contributed by atoms with Crippen LogP contribution in [-0.2, 0) is 39.8 Å². The van der Waals surface area contributed by atoms with Crippen LogP contribution in [0.1, 0.15) is 141 Å². The lowest BCUT2D eigenvalue weighted by atomic mass is 9.33. The third kappa shape index (κ3) is 5.23. The third-order valence-corrected chi connectivity index (χ3v) is 25.3. The minimum atomic E-state index is -1.48. The molecule has 23 unspecified atom stereocenters. The molecule has 1 aromatic rings. The lowest BCUT2D eigenvalue weighted by molar-refractivity contribution is -0.280. The van der Waals surface area contributed by atoms with Crippen LogP contribution in [0.3, 0.4) is 0 Å². The van der Waals surface area contributed by atoms with Gasteiger partial charge in [-0.3, -0.25) is 14.9 Å². The first-order valence-corrected chi connectivity index (χ1v) is 28.8. The average Bonchev–Trinajstić information content (AvgIpc) is 3.67. The van der Waals surface area contributed by atoms with E-state index >= 15 is 9.59 Å². The van der Waals surface area contributed by atoms with Crippen LogP contribution in [0, 0.1) is 92.7 Å². The highest BCUT2D eigenvalue weighted by Crippen LogP contribution is 2.88. The van der Waals surface area contributed by atoms with Crippen LogP contribution in [0.5, 0.6) is 0 Å². The molecule has 5 bridgehead atoms. The number of nitrogens with one attached hydrogen (secondary N) is 1. The summed E-state index contributed by atoms with van der Waals surface area (Å²) in [5.41, 5.74) is -5.11. The van der Waals surface area contributed by atoms with Gasteiger partial charge in [-0.2, -0.15) is 0 Å². The van der Waals surface area contributed by atoms with Crippen LogP contribution in [0.4, 0.5) is 0 Å². The molecule has 1 aromatic heterocycles. The van der Waals surface area contributed by atoms with Gasteiger partial charge in [-0.05, 0) is 141 Å². The Labute approximate surface area is 423 Å². The summed E-state index contributed by atoms with van der Waals surface area (Å²) < 4.78 is 35.0. The number of epoxide rings is 1. The smallest absolute Gasteiger partial charge is 0.339 e. The fraction of sp³-hybridized carbons (Fsp3) is 0.814. The molecule has 5 saturated heterocycles. The molecule has 4 N–H and O–H groups in total. The number of esters is 2. The second-order valence-corrected chi connectivity index (χ2v) is 27.5. The number of hydrogen-bond donors (Lipinski definition) is 4. The highest BCUT2D eigenvalue weighted by molar-refractivity contribution is 5.94. The molecule has 7 saturated carbocycles. The molecule has 4 spiro atoms. The Morgan fingerprint density at radius 2 is 1.79 bits per heavy atom. The summed E-state index contributed by atoms with van der Waals surface area (Å²) in [4.78, 5) is 48.7. The zero-order valence-corrected chi connectivity index (χ0v) is 42.9. The van der Waals surface area contributed by atoms with E-state index in [0.717, 1.165) is 76.6 Å². The molecule has 72 heavy (non-hydrogen) atoms. The lowest BCUT2D eigenvalue weighted by Crippen LogP contribution is -2.80. The maximum absolute atomic E-state index is 16.3. The number of Topliss-reactive ketones (excluding diaryl/α,β-unsaturated/α-hetero) is 1. The molecule has 13 heteroatoms. The summed E-state index contributed by atoms with van der Waals surface area (Å²) in [6, 6.07) is 2.39. The Bertz CT molecular complexity index is 2550. The SMILES string of the molecule is CC(CC1C=C2CC3CCCC34CC3CC5(C)C(c6ccoc6CC(C(O)CO)C6CCC7C(C=CN8CNCC78)C6)OC(=O)C6OC65C5(C)C(O)C(=O)C6C1(C)OC21C4C(=O)OCC61C35)C1CCCCC1. The molecule has 13 nitrogen and oxygen atoms in total. The van der Waals surface area contributed by atoms with Crippen molar-refractivity contribution in [1.29, 1.82) is 0 Å². The van der Waals surface area contributed by atoms with Gasteiger partial charge < -0.3 is 43.6 Å². The molecule has 23 atom stereocenters. The van der Waals surface area contributed by atoms with Crippen molar-refractivity contribution >= 4 is 17.7 Å². The van der Waals surface area contributed by atoms with Crippen LogP contribution in [-0.4, -0.2) is 106 Å². The normalized spacial score (nSPS) is 53.2. The fourth-order valence-electron chi connectivity index (χ4n) is 22.8. The Hall–Kier alpha value is -3.07. The lowest BCUT2D eigenvalue weighted by Gasteiger charge is -2.70. The van der Waals surface area contributed by atoms with Crippen molar-refractivity contribution in [3.8, 4) is 0 Å². The summed E-state index contributed by atoms with van der Waals surface area (Å²) in [6.45, 7) is 10.3. The molecular weight excluding hydrogens is 913 g/mol. The number of carbonyl (C=O) groups is 3. The van der Waals surface area contributed by atoms with E-state index in [2.05, 4.69) is 56.3 Å². The maximum Gasteiger partial charge on any atom is 0.339 e. The molecule has 0 aromatic carbocycles. The van der Waals surface area contributed by atoms with E-state index in [-0.39, 0.29) is 60.5 Å². The van der Waals surface area contributed by atoms with Gasteiger partial charge in [0.05, 0.1) is 48.5 Å². The van der Waals surface area contributed by atoms with Gasteiger partial charge in [-0.1, -0.05) is 71.4 Å². The van der Waals surface area contributed by atoms with Gasteiger partial charge in [0.25, 0.3) is 0 Å². The van der Waals surface area contributed by atoms with Crippen LogP contribution in [0.15, 0.2) is 40.7 Å². The Kier molecular flexibility index (Phi) is 9.70. The molecule has 7 aliphatic heterocycles. The quantitative estimate of drug-likeness (QED) is 0.113. The number of hydrogen-bond acceptors (Lipinski definition) is 13. The van der Waals surface area contributed by atoms with Crippen LogP contribution >= 0.6 is 0 Å². The zero-order chi connectivity index (χ0) is 49.3. The summed E-state index contributed by atoms with van der Waals surface area (Å²) in [6.07, 6.45) is 19.9. The van der Waals surface area contributed by atoms with E-state index in [1.165, 1.54) is 37.7 Å². The number of ketones is 1. The van der Waals surface area contributed by atoms with E-state index in [1.54, 1.807) is 6.26 Å². The molecule has 0 amide bonds. The van der Waals surface area contributed by atoms with E-state index in [4.69, 9.17) is 23.4 Å². The second-order valence-electron chi connectivity index (χ2n) is 27.5. The van der Waals surface area contributed by atoms with Gasteiger partial charge in [0.2, 0.25) is 0 Å². The summed E-state index contributed by atoms with van der Waals surface area (Å²) in [5.74, 6) is -0.191. The first kappa shape index (κ1) is 46.2. The zero-order valence-electron chi connectivity index (χ0n) is 42.9. The van der Waals surface area contributed by atoms with Crippen molar-refractivity contribution in [3.63, 3.8) is 0 Å². The molecule has 7 aliphatic carbocycles. The van der Waals surface area contributed by atoms with Crippen LogP contribution in [0.25, 0.3) is 0 Å². The number of carbonyl (C=O) groups excluding carboxylic acids is 3. The Morgan fingerprint density at radius 1 is 0.958 bits per heavy atom. The minimum absolute atomic E-state index is 0.0426. The highest BCUT2D eigenvalue weighted by atomic mass is 16.7. The van der Waals surface area contributed by atoms with Crippen LogP contribution < -0.4 is 5.32 Å². The Balaban J connectivity index is 0.848. The van der Waals surface area contributed by atoms with E-state index in [1.807, 2.05) is 6.07 Å². The van der Waals surface area contributed by atoms with E-state index < -0.39 is 80.7 Å². The molecule has 14 aliphatic rings. The van der Waals surface area contributed by atoms with Crippen molar-refractivity contribution in [2.75, 3.05) is 26.4 Å². The largest absolute Gasteiger partial charge is 0.469 e. The first-order chi connectivity index (χ1) is 34.6. The number of furan rings is 1. The monoisotopic (exact) mass is 991 g/mol. The number of allylic oxidation sites excluding steroid dienone is 1. The van der Waals surface area contributed by atoms with Crippen molar-refractivity contribution in [1.82, 2.24) is 10.2 Å². The predicted molar refractivity (Wildman–Crippen MR) is 260 cm³/mol. The van der Waals surface area contributed by atoms with Gasteiger partial charge in [-0.25, -0.2) is 4.79 Å². The van der Waals surface area contributed by atoms with Gasteiger partial charge in [0.1, 0.15) is 35.8 Å². The number of nitrogens with zero attached hydrogens (tertiary/aromatic N) is 1. The standard InChI is InChI=1S/C59H78N2O11/c1-30(31-9-6-5-7-10-31)19-36-22-37-21-35-11-8-16-56(35)25-34-24-53(2)49(39-15-18-68-43(39)23-40(42(63)27-62)32-12-13-38-33(20-32)14-17-61-29-60-26-41(38)61)70-52(67)50-59(53,71-50)54(3)45(34)57-28-69-51(66)47(56)58(37,57)72-55(36,4)46(57)44(64)48(54)65/h14-15,17-18,22,30-36,38,40-42,45-50,60,62-63,65H,5-13,16,19-21,23-29H2,1-4H3. The topological polar surface area (TPSA) is 181 Å². The average molecular weight is 991 g/mol. The minimum Gasteiger partial charge on any atom is -0.469 e. The molecule has 12 fully saturated rings. The number of cyclic esters (lactones) is 2. The summed E-state index contributed by atoms with van der Waals surface area (Å²) in [5, 5.41) is 39.4. The highest BCUT2D eigenvalue weighted by Gasteiger charge is 2.97. The molecule has 8 heterocycles. The van der Waals surface area contributed by atoms with Crippen molar-refractivity contribution in [3.05, 3.63) is 47.6 Å². The number of fused-ring (bicyclic) bond motifs is 5. The molecular formula is C59H78N2O11. The molecule has 15 rings (SSSR count). The first-order valence-electron chi connectivity index (χ1n) is 28.8. The molecule has 0 radical (unpaired) electrons. The molecule has 390 valence electrons. The summed E-state index contributed by atoms with van der Waals surface area (Å²) in [7, 11) is 0. The van der Waals surface area contributed by atoms with Gasteiger partial charge in [0.15, 0.2) is 11.9 Å². The fourth-order valence-corrected chi connectivity index (χ4v) is 22.8. The predicted octanol–water partition coefficient (Wildman–Crippen LogP) is 6.97. The summed E-state index contributed by atoms with van der Waals surface area (Å²) >= 11 is 0. The third-order valence-electron chi connectivity index (χ3n) is 25.3. The number of ether oxygens (including phenoxy) is 4. The second kappa shape index (κ2) is 15.1. The number of aliphatic hydroxyl groups excluding tert-OH is 3. The van der Waals surface area contributed by atoms with E-state index in [0.29, 0.717) is 48.3 Å². The van der Waals surface area contributed by atoms with Crippen molar-refractivity contribution in [2.24, 2.45) is 92.7 Å². The number of rotatable bonds is 9. The van der Waals surface area contributed by atoms with Gasteiger partial charge in [-0.15, -0.1) is 0 Å². The Morgan fingerprint density at radius 3 is 2.61 bits per heavy atom. The van der Waals surface area contributed by atoms with Gasteiger partial charge >= 0.3 is 11.9 Å². The maximum atomic E-state index is 16.3.